The van der Waals surface area contributed by atoms with E-state index in [0.29, 0.717) is 6.07 Å². The smallest absolute Gasteiger partial charge is 0.358 e. The van der Waals surface area contributed by atoms with Gasteiger partial charge < -0.3 is 9.80 Å². The number of rotatable bonds is 3. The first kappa shape index (κ1) is 20.1. The Morgan fingerprint density at radius 2 is 1.96 bits per heavy atom. The minimum absolute atomic E-state index is 0.0950. The van der Waals surface area contributed by atoms with E-state index < -0.39 is 35.1 Å². The number of nitrogens with zero attached hydrogens (tertiary/aromatic N) is 3. The van der Waals surface area contributed by atoms with Crippen molar-refractivity contribution >= 4 is 23.2 Å². The van der Waals surface area contributed by atoms with Crippen LogP contribution in [0.1, 0.15) is 24.1 Å². The minimum atomic E-state index is -4.75. The number of amides is 1. The standard InChI is InChI=1S/C17H15ClF4N4O2/c1-9(11-3-2-10(19)6-12(11)17(20,21)22)26-5-4-25(8-14(26)27)13-7-23-24-16(28)15(13)18/h2-3,6-7,9H,4-5,8H2,1H3,(H,24,28)/t9-/m0/s1. The molecule has 0 aliphatic carbocycles. The SMILES string of the molecule is C[C@@H](c1ccc(F)cc1C(F)(F)F)N1CCN(c2cn[nH]c(=O)c2Cl)CC1=O. The fourth-order valence-corrected chi connectivity index (χ4v) is 3.41. The van der Waals surface area contributed by atoms with Crippen LogP contribution in [0.15, 0.2) is 29.2 Å². The summed E-state index contributed by atoms with van der Waals surface area (Å²) in [6.45, 7) is 1.61. The number of hydrogen-bond donors (Lipinski definition) is 1. The second kappa shape index (κ2) is 7.42. The molecule has 1 aromatic carbocycles. The zero-order valence-corrected chi connectivity index (χ0v) is 15.3. The first-order valence-electron chi connectivity index (χ1n) is 8.24. The van der Waals surface area contributed by atoms with Crippen molar-refractivity contribution in [2.24, 2.45) is 0 Å². The van der Waals surface area contributed by atoms with Crippen molar-refractivity contribution < 1.29 is 22.4 Å². The number of aromatic nitrogens is 2. The number of hydrogen-bond acceptors (Lipinski definition) is 4. The highest BCUT2D eigenvalue weighted by molar-refractivity contribution is 6.33. The van der Waals surface area contributed by atoms with Gasteiger partial charge in [0.15, 0.2) is 0 Å². The quantitative estimate of drug-likeness (QED) is 0.778. The number of carbonyl (C=O) groups is 1. The molecule has 1 aromatic heterocycles. The molecule has 28 heavy (non-hydrogen) atoms. The maximum atomic E-state index is 13.3. The fourth-order valence-electron chi connectivity index (χ4n) is 3.20. The van der Waals surface area contributed by atoms with E-state index in [-0.39, 0.29) is 35.9 Å². The summed E-state index contributed by atoms with van der Waals surface area (Å²) in [6, 6.07) is 1.48. The molecule has 1 fully saturated rings. The van der Waals surface area contributed by atoms with Gasteiger partial charge in [-0.2, -0.15) is 18.3 Å². The van der Waals surface area contributed by atoms with Gasteiger partial charge in [-0.05, 0) is 24.6 Å². The van der Waals surface area contributed by atoms with Crippen LogP contribution < -0.4 is 10.5 Å². The molecular weight excluding hydrogens is 404 g/mol. The van der Waals surface area contributed by atoms with Crippen molar-refractivity contribution in [2.45, 2.75) is 19.1 Å². The largest absolute Gasteiger partial charge is 0.416 e. The third kappa shape index (κ3) is 3.82. The normalized spacial score (nSPS) is 16.4. The average molecular weight is 419 g/mol. The summed E-state index contributed by atoms with van der Waals surface area (Å²) in [5.41, 5.74) is -1.64. The van der Waals surface area contributed by atoms with Crippen LogP contribution in [0.3, 0.4) is 0 Å². The summed E-state index contributed by atoms with van der Waals surface area (Å²) in [7, 11) is 0. The van der Waals surface area contributed by atoms with Gasteiger partial charge in [0.05, 0.1) is 30.0 Å². The van der Waals surface area contributed by atoms with Crippen LogP contribution in [-0.2, 0) is 11.0 Å². The molecule has 6 nitrogen and oxygen atoms in total. The minimum Gasteiger partial charge on any atom is -0.358 e. The van der Waals surface area contributed by atoms with Gasteiger partial charge in [-0.3, -0.25) is 9.59 Å². The Labute approximate surface area is 161 Å². The van der Waals surface area contributed by atoms with Gasteiger partial charge in [-0.25, -0.2) is 9.49 Å². The molecule has 3 rings (SSSR count). The molecule has 11 heteroatoms. The molecule has 0 saturated carbocycles. The Morgan fingerprint density at radius 1 is 1.25 bits per heavy atom. The molecule has 0 unspecified atom stereocenters. The van der Waals surface area contributed by atoms with Crippen LogP contribution in [-0.4, -0.2) is 40.6 Å². The van der Waals surface area contributed by atoms with Gasteiger partial charge in [0.25, 0.3) is 5.56 Å². The molecule has 150 valence electrons. The van der Waals surface area contributed by atoms with Crippen molar-refractivity contribution in [3.8, 4) is 0 Å². The van der Waals surface area contributed by atoms with Crippen molar-refractivity contribution in [3.63, 3.8) is 0 Å². The predicted molar refractivity (Wildman–Crippen MR) is 93.6 cm³/mol. The summed E-state index contributed by atoms with van der Waals surface area (Å²) in [5, 5.41) is 5.69. The van der Waals surface area contributed by atoms with E-state index in [4.69, 9.17) is 11.6 Å². The molecule has 1 N–H and O–H groups in total. The lowest BCUT2D eigenvalue weighted by Crippen LogP contribution is -2.51. The first-order chi connectivity index (χ1) is 13.1. The molecule has 1 aliphatic rings. The van der Waals surface area contributed by atoms with Crippen molar-refractivity contribution in [3.05, 3.63) is 56.7 Å². The van der Waals surface area contributed by atoms with Gasteiger partial charge in [-0.15, -0.1) is 0 Å². The summed E-state index contributed by atoms with van der Waals surface area (Å²) in [6.07, 6.45) is -3.45. The van der Waals surface area contributed by atoms with E-state index in [1.165, 1.54) is 22.9 Å². The summed E-state index contributed by atoms with van der Waals surface area (Å²) in [4.78, 5) is 27.0. The molecule has 1 amide bonds. The van der Waals surface area contributed by atoms with Crippen LogP contribution in [0.25, 0.3) is 0 Å². The summed E-state index contributed by atoms with van der Waals surface area (Å²) < 4.78 is 53.2. The zero-order valence-electron chi connectivity index (χ0n) is 14.6. The molecule has 2 heterocycles. The number of alkyl halides is 3. The third-order valence-corrected chi connectivity index (χ3v) is 4.98. The maximum absolute atomic E-state index is 13.3. The lowest BCUT2D eigenvalue weighted by atomic mass is 9.98. The number of piperazine rings is 1. The summed E-state index contributed by atoms with van der Waals surface area (Å²) in [5.74, 6) is -1.46. The van der Waals surface area contributed by atoms with Crippen molar-refractivity contribution in [1.82, 2.24) is 15.1 Å². The van der Waals surface area contributed by atoms with Crippen molar-refractivity contribution in [2.75, 3.05) is 24.5 Å². The van der Waals surface area contributed by atoms with Gasteiger partial charge in [0.2, 0.25) is 5.91 Å². The van der Waals surface area contributed by atoms with Gasteiger partial charge in [0, 0.05) is 13.1 Å². The van der Waals surface area contributed by atoms with E-state index in [0.717, 1.165) is 12.1 Å². The van der Waals surface area contributed by atoms with E-state index in [1.54, 1.807) is 0 Å². The molecule has 0 spiro atoms. The Hall–Kier alpha value is -2.62. The average Bonchev–Trinajstić information content (AvgIpc) is 2.62. The number of halogens is 5. The van der Waals surface area contributed by atoms with E-state index in [9.17, 15) is 27.2 Å². The van der Waals surface area contributed by atoms with Crippen LogP contribution >= 0.6 is 11.6 Å². The Bertz CT molecular complexity index is 963. The Kier molecular flexibility index (Phi) is 5.33. The van der Waals surface area contributed by atoms with Gasteiger partial charge in [-0.1, -0.05) is 17.7 Å². The molecule has 1 aliphatic heterocycles. The number of aromatic amines is 1. The number of anilines is 1. The highest BCUT2D eigenvalue weighted by atomic mass is 35.5. The zero-order chi connectivity index (χ0) is 20.6. The predicted octanol–water partition coefficient (Wildman–Crippen LogP) is 2.99. The topological polar surface area (TPSA) is 69.3 Å². The van der Waals surface area contributed by atoms with E-state index >= 15 is 0 Å². The summed E-state index contributed by atoms with van der Waals surface area (Å²) >= 11 is 5.94. The number of benzene rings is 1. The second-order valence-electron chi connectivity index (χ2n) is 6.31. The van der Waals surface area contributed by atoms with Crippen LogP contribution in [0, 0.1) is 5.82 Å². The molecule has 1 saturated heterocycles. The first-order valence-corrected chi connectivity index (χ1v) is 8.61. The lowest BCUT2D eigenvalue weighted by Gasteiger charge is -2.39. The third-order valence-electron chi connectivity index (χ3n) is 4.61. The van der Waals surface area contributed by atoms with Crippen LogP contribution in [0.4, 0.5) is 23.2 Å². The molecule has 0 bridgehead atoms. The number of carbonyl (C=O) groups excluding carboxylic acids is 1. The number of H-pyrrole nitrogens is 1. The highest BCUT2D eigenvalue weighted by Gasteiger charge is 2.38. The Morgan fingerprint density at radius 3 is 2.61 bits per heavy atom. The highest BCUT2D eigenvalue weighted by Crippen LogP contribution is 2.37. The second-order valence-corrected chi connectivity index (χ2v) is 6.69. The van der Waals surface area contributed by atoms with E-state index in [2.05, 4.69) is 10.2 Å². The fraction of sp³-hybridized carbons (Fsp3) is 0.353. The monoisotopic (exact) mass is 418 g/mol. The molecule has 2 aromatic rings. The Balaban J connectivity index is 1.85. The van der Waals surface area contributed by atoms with Gasteiger partial charge in [0.1, 0.15) is 10.8 Å². The van der Waals surface area contributed by atoms with Gasteiger partial charge >= 0.3 is 6.18 Å². The van der Waals surface area contributed by atoms with Crippen molar-refractivity contribution in [1.29, 1.82) is 0 Å². The number of nitrogens with one attached hydrogen (secondary N) is 1. The molecule has 0 radical (unpaired) electrons. The van der Waals surface area contributed by atoms with Crippen LogP contribution in [0.5, 0.6) is 0 Å². The lowest BCUT2D eigenvalue weighted by molar-refractivity contribution is -0.141. The molecule has 1 atom stereocenters. The van der Waals surface area contributed by atoms with E-state index in [1.807, 2.05) is 0 Å². The molecular formula is C17H15ClF4N4O2. The van der Waals surface area contributed by atoms with Crippen LogP contribution in [0.2, 0.25) is 5.02 Å². The maximum Gasteiger partial charge on any atom is 0.416 e.